The fourth-order valence-electron chi connectivity index (χ4n) is 1.21. The van der Waals surface area contributed by atoms with Gasteiger partial charge < -0.3 is 4.74 Å². The summed E-state index contributed by atoms with van der Waals surface area (Å²) >= 11 is 0. The minimum Gasteiger partial charge on any atom is -0.469 e. The molecular weight excluding hydrogens is 258 g/mol. The van der Waals surface area contributed by atoms with Gasteiger partial charge in [-0.05, 0) is 24.6 Å². The standard InChI is InChI=1S/C11H15NO5S/c1-3-17-12-18(14,15)10-6-4-9(5-7-10)8-11(13)16-2/h4-7,12H,3,8H2,1-2H3. The number of ether oxygens (including phenoxy) is 1. The van der Waals surface area contributed by atoms with E-state index in [0.717, 1.165) is 0 Å². The number of carbonyl (C=O) groups excluding carboxylic acids is 1. The maximum atomic E-state index is 11.7. The van der Waals surface area contributed by atoms with Crippen molar-refractivity contribution in [3.63, 3.8) is 0 Å². The van der Waals surface area contributed by atoms with Gasteiger partial charge in [0, 0.05) is 0 Å². The highest BCUT2D eigenvalue weighted by molar-refractivity contribution is 7.89. The molecule has 18 heavy (non-hydrogen) atoms. The van der Waals surface area contributed by atoms with Crippen LogP contribution in [-0.2, 0) is 30.8 Å². The summed E-state index contributed by atoms with van der Waals surface area (Å²) in [6.45, 7) is 1.90. The number of carbonyl (C=O) groups is 1. The summed E-state index contributed by atoms with van der Waals surface area (Å²) in [5, 5.41) is 0. The second-order valence-electron chi connectivity index (χ2n) is 3.42. The van der Waals surface area contributed by atoms with Crippen LogP contribution in [0.2, 0.25) is 0 Å². The molecule has 0 spiro atoms. The molecule has 0 aromatic heterocycles. The van der Waals surface area contributed by atoms with E-state index >= 15 is 0 Å². The van der Waals surface area contributed by atoms with E-state index < -0.39 is 10.0 Å². The normalized spacial score (nSPS) is 11.2. The van der Waals surface area contributed by atoms with E-state index in [-0.39, 0.29) is 23.9 Å². The number of hydrogen-bond donors (Lipinski definition) is 1. The predicted molar refractivity (Wildman–Crippen MR) is 64.1 cm³/mol. The van der Waals surface area contributed by atoms with Crippen LogP contribution in [0.3, 0.4) is 0 Å². The lowest BCUT2D eigenvalue weighted by molar-refractivity contribution is -0.139. The Bertz CT molecular complexity index is 495. The van der Waals surface area contributed by atoms with E-state index in [9.17, 15) is 13.2 Å². The highest BCUT2D eigenvalue weighted by atomic mass is 32.2. The zero-order chi connectivity index (χ0) is 13.6. The molecule has 7 heteroatoms. The Morgan fingerprint density at radius 2 is 1.89 bits per heavy atom. The van der Waals surface area contributed by atoms with E-state index in [1.165, 1.54) is 19.2 Å². The summed E-state index contributed by atoms with van der Waals surface area (Å²) in [6, 6.07) is 5.91. The average molecular weight is 273 g/mol. The molecule has 1 rings (SSSR count). The molecule has 0 fully saturated rings. The Balaban J connectivity index is 2.79. The quantitative estimate of drug-likeness (QED) is 0.607. The number of rotatable bonds is 6. The molecule has 0 aliphatic rings. The lowest BCUT2D eigenvalue weighted by atomic mass is 10.2. The van der Waals surface area contributed by atoms with Crippen LogP contribution in [0, 0.1) is 0 Å². The summed E-state index contributed by atoms with van der Waals surface area (Å²) in [4.78, 5) is 17.7. The molecule has 0 unspecified atom stereocenters. The number of hydrogen-bond acceptors (Lipinski definition) is 5. The van der Waals surface area contributed by atoms with Crippen LogP contribution in [-0.4, -0.2) is 28.1 Å². The predicted octanol–water partition coefficient (Wildman–Crippen LogP) is 0.632. The van der Waals surface area contributed by atoms with Crippen LogP contribution in [0.4, 0.5) is 0 Å². The zero-order valence-electron chi connectivity index (χ0n) is 10.2. The van der Waals surface area contributed by atoms with Gasteiger partial charge in [-0.25, -0.2) is 8.42 Å². The Kier molecular flexibility index (Phi) is 5.26. The molecule has 1 aromatic carbocycles. The molecule has 0 heterocycles. The number of benzene rings is 1. The van der Waals surface area contributed by atoms with E-state index in [1.807, 2.05) is 4.89 Å². The highest BCUT2D eigenvalue weighted by Gasteiger charge is 2.13. The largest absolute Gasteiger partial charge is 0.469 e. The minimum absolute atomic E-state index is 0.0737. The molecule has 0 bridgehead atoms. The summed E-state index contributed by atoms with van der Waals surface area (Å²) in [6.07, 6.45) is 0.107. The van der Waals surface area contributed by atoms with Gasteiger partial charge in [-0.2, -0.15) is 0 Å². The van der Waals surface area contributed by atoms with E-state index in [1.54, 1.807) is 19.1 Å². The van der Waals surface area contributed by atoms with E-state index in [4.69, 9.17) is 0 Å². The van der Waals surface area contributed by atoms with Crippen molar-refractivity contribution in [3.8, 4) is 0 Å². The van der Waals surface area contributed by atoms with Gasteiger partial charge in [-0.15, -0.1) is 0 Å². The van der Waals surface area contributed by atoms with Crippen LogP contribution >= 0.6 is 0 Å². The monoisotopic (exact) mass is 273 g/mol. The van der Waals surface area contributed by atoms with Crippen molar-refractivity contribution < 1.29 is 22.8 Å². The SMILES string of the molecule is CCONS(=O)(=O)c1ccc(CC(=O)OC)cc1. The lowest BCUT2D eigenvalue weighted by Crippen LogP contribution is -2.23. The molecule has 6 nitrogen and oxygen atoms in total. The van der Waals surface area contributed by atoms with Crippen molar-refractivity contribution >= 4 is 16.0 Å². The number of esters is 1. The fourth-order valence-corrected chi connectivity index (χ4v) is 2.07. The topological polar surface area (TPSA) is 81.7 Å². The van der Waals surface area contributed by atoms with Crippen LogP contribution in [0.15, 0.2) is 29.2 Å². The summed E-state index contributed by atoms with van der Waals surface area (Å²) in [5.41, 5.74) is 0.678. The van der Waals surface area contributed by atoms with E-state index in [2.05, 4.69) is 9.57 Å². The zero-order valence-corrected chi connectivity index (χ0v) is 11.0. The first-order chi connectivity index (χ1) is 8.49. The molecule has 1 aromatic rings. The Labute approximate surface area is 106 Å². The molecule has 0 saturated carbocycles. The van der Waals surface area contributed by atoms with Gasteiger partial charge in [0.25, 0.3) is 10.0 Å². The Morgan fingerprint density at radius 1 is 1.28 bits per heavy atom. The van der Waals surface area contributed by atoms with Crippen molar-refractivity contribution in [1.82, 2.24) is 4.89 Å². The average Bonchev–Trinajstić information content (AvgIpc) is 2.37. The van der Waals surface area contributed by atoms with Crippen molar-refractivity contribution in [1.29, 1.82) is 0 Å². The third-order valence-corrected chi connectivity index (χ3v) is 3.35. The minimum atomic E-state index is -3.66. The maximum Gasteiger partial charge on any atom is 0.309 e. The van der Waals surface area contributed by atoms with Gasteiger partial charge in [0.15, 0.2) is 0 Å². The number of methoxy groups -OCH3 is 1. The Hall–Kier alpha value is -1.44. The van der Waals surface area contributed by atoms with Gasteiger partial charge in [-0.1, -0.05) is 17.0 Å². The second kappa shape index (κ2) is 6.48. The third-order valence-electron chi connectivity index (χ3n) is 2.12. The number of sulfonamides is 1. The van der Waals surface area contributed by atoms with Crippen LogP contribution in [0.1, 0.15) is 12.5 Å². The van der Waals surface area contributed by atoms with E-state index in [0.29, 0.717) is 5.56 Å². The molecule has 0 aliphatic carbocycles. The highest BCUT2D eigenvalue weighted by Crippen LogP contribution is 2.11. The summed E-state index contributed by atoms with van der Waals surface area (Å²) in [5.74, 6) is -0.377. The molecule has 0 saturated heterocycles. The molecule has 100 valence electrons. The molecule has 1 N–H and O–H groups in total. The van der Waals surface area contributed by atoms with Gasteiger partial charge in [0.1, 0.15) is 0 Å². The van der Waals surface area contributed by atoms with Crippen LogP contribution in [0.5, 0.6) is 0 Å². The first-order valence-corrected chi connectivity index (χ1v) is 6.77. The fraction of sp³-hybridized carbons (Fsp3) is 0.364. The Morgan fingerprint density at radius 3 is 2.39 bits per heavy atom. The number of nitrogens with one attached hydrogen (secondary N) is 1. The molecular formula is C11H15NO5S. The van der Waals surface area contributed by atoms with Gasteiger partial charge in [0.2, 0.25) is 0 Å². The third kappa shape index (κ3) is 4.10. The smallest absolute Gasteiger partial charge is 0.309 e. The van der Waals surface area contributed by atoms with Crippen LogP contribution < -0.4 is 4.89 Å². The second-order valence-corrected chi connectivity index (χ2v) is 5.06. The van der Waals surface area contributed by atoms with Crippen molar-refractivity contribution in [3.05, 3.63) is 29.8 Å². The maximum absolute atomic E-state index is 11.7. The first kappa shape index (κ1) is 14.6. The summed E-state index contributed by atoms with van der Waals surface area (Å²) in [7, 11) is -2.36. The lowest BCUT2D eigenvalue weighted by Gasteiger charge is -2.06. The molecule has 0 radical (unpaired) electrons. The molecule has 0 atom stereocenters. The van der Waals surface area contributed by atoms with Crippen molar-refractivity contribution in [2.24, 2.45) is 0 Å². The summed E-state index contributed by atoms with van der Waals surface area (Å²) < 4.78 is 27.8. The van der Waals surface area contributed by atoms with Gasteiger partial charge in [-0.3, -0.25) is 9.63 Å². The van der Waals surface area contributed by atoms with Gasteiger partial charge in [0.05, 0.1) is 25.0 Å². The van der Waals surface area contributed by atoms with Gasteiger partial charge >= 0.3 is 5.97 Å². The van der Waals surface area contributed by atoms with Crippen molar-refractivity contribution in [2.75, 3.05) is 13.7 Å². The van der Waals surface area contributed by atoms with Crippen molar-refractivity contribution in [2.45, 2.75) is 18.2 Å². The molecule has 0 amide bonds. The van der Waals surface area contributed by atoms with Crippen LogP contribution in [0.25, 0.3) is 0 Å². The first-order valence-electron chi connectivity index (χ1n) is 5.29. The molecule has 0 aliphatic heterocycles.